The van der Waals surface area contributed by atoms with Crippen LogP contribution in [0.15, 0.2) is 12.3 Å². The van der Waals surface area contributed by atoms with Crippen molar-refractivity contribution in [3.05, 3.63) is 29.6 Å². The number of halogens is 3. The minimum atomic E-state index is -4.50. The van der Waals surface area contributed by atoms with Crippen molar-refractivity contribution in [2.45, 2.75) is 38.1 Å². The predicted molar refractivity (Wildman–Crippen MR) is 78.1 cm³/mol. The van der Waals surface area contributed by atoms with Crippen molar-refractivity contribution in [3.63, 3.8) is 0 Å². The number of alkyl halides is 3. The SMILES string of the molecule is COCc1nc([C@H]2CCCCN2c2nccc(C(F)(F)F)n2)n[nH]1. The van der Waals surface area contributed by atoms with Gasteiger partial charge in [0, 0.05) is 19.9 Å². The topological polar surface area (TPSA) is 79.8 Å². The van der Waals surface area contributed by atoms with Crippen molar-refractivity contribution in [2.24, 2.45) is 0 Å². The van der Waals surface area contributed by atoms with E-state index in [1.165, 1.54) is 0 Å². The Morgan fingerprint density at radius 3 is 2.92 bits per heavy atom. The van der Waals surface area contributed by atoms with E-state index in [0.29, 0.717) is 24.8 Å². The third-order valence-electron chi connectivity index (χ3n) is 3.82. The monoisotopic (exact) mass is 342 g/mol. The summed E-state index contributed by atoms with van der Waals surface area (Å²) in [6.45, 7) is 0.847. The summed E-state index contributed by atoms with van der Waals surface area (Å²) in [5.74, 6) is 1.14. The number of rotatable bonds is 4. The van der Waals surface area contributed by atoms with Gasteiger partial charge in [-0.2, -0.15) is 18.3 Å². The molecule has 3 rings (SSSR count). The van der Waals surface area contributed by atoms with Crippen LogP contribution in [-0.2, 0) is 17.5 Å². The molecule has 0 aromatic carbocycles. The quantitative estimate of drug-likeness (QED) is 0.920. The van der Waals surface area contributed by atoms with E-state index in [9.17, 15) is 13.2 Å². The highest BCUT2D eigenvalue weighted by Gasteiger charge is 2.35. The lowest BCUT2D eigenvalue weighted by Crippen LogP contribution is -2.35. The van der Waals surface area contributed by atoms with E-state index in [4.69, 9.17) is 4.74 Å². The molecule has 0 radical (unpaired) electrons. The average molecular weight is 342 g/mol. The van der Waals surface area contributed by atoms with Crippen LogP contribution in [0.25, 0.3) is 0 Å². The average Bonchev–Trinajstić information content (AvgIpc) is 3.03. The first-order valence-electron chi connectivity index (χ1n) is 7.56. The van der Waals surface area contributed by atoms with Gasteiger partial charge in [-0.15, -0.1) is 0 Å². The van der Waals surface area contributed by atoms with E-state index >= 15 is 0 Å². The first kappa shape index (κ1) is 16.6. The normalized spacial score (nSPS) is 18.8. The fraction of sp³-hybridized carbons (Fsp3) is 0.571. The molecule has 0 bridgehead atoms. The summed E-state index contributed by atoms with van der Waals surface area (Å²) in [7, 11) is 1.55. The van der Waals surface area contributed by atoms with Crippen molar-refractivity contribution in [2.75, 3.05) is 18.6 Å². The molecule has 0 unspecified atom stereocenters. The van der Waals surface area contributed by atoms with Gasteiger partial charge in [-0.25, -0.2) is 15.0 Å². The summed E-state index contributed by atoms with van der Waals surface area (Å²) in [5.41, 5.74) is -0.952. The maximum atomic E-state index is 12.9. The molecule has 10 heteroatoms. The Hall–Kier alpha value is -2.23. The fourth-order valence-electron chi connectivity index (χ4n) is 2.74. The Balaban J connectivity index is 1.89. The number of hydrogen-bond donors (Lipinski definition) is 1. The van der Waals surface area contributed by atoms with Crippen LogP contribution in [0.3, 0.4) is 0 Å². The van der Waals surface area contributed by atoms with Crippen LogP contribution in [0.4, 0.5) is 19.1 Å². The molecule has 7 nitrogen and oxygen atoms in total. The van der Waals surface area contributed by atoms with E-state index < -0.39 is 11.9 Å². The van der Waals surface area contributed by atoms with E-state index in [2.05, 4.69) is 25.1 Å². The largest absolute Gasteiger partial charge is 0.433 e. The summed E-state index contributed by atoms with van der Waals surface area (Å²) < 4.78 is 43.7. The van der Waals surface area contributed by atoms with Gasteiger partial charge in [0.05, 0.1) is 6.04 Å². The number of nitrogens with zero attached hydrogens (tertiary/aromatic N) is 5. The lowest BCUT2D eigenvalue weighted by molar-refractivity contribution is -0.141. The molecule has 0 amide bonds. The first-order valence-corrected chi connectivity index (χ1v) is 7.56. The summed E-state index contributed by atoms with van der Waals surface area (Å²) in [6, 6.07) is 0.607. The minimum absolute atomic E-state index is 0.0487. The molecule has 3 heterocycles. The van der Waals surface area contributed by atoms with Crippen LogP contribution >= 0.6 is 0 Å². The molecular formula is C14H17F3N6O. The zero-order valence-corrected chi connectivity index (χ0v) is 13.0. The smallest absolute Gasteiger partial charge is 0.377 e. The summed E-state index contributed by atoms with van der Waals surface area (Å²) in [5, 5.41) is 6.95. The zero-order chi connectivity index (χ0) is 17.2. The van der Waals surface area contributed by atoms with Gasteiger partial charge in [-0.05, 0) is 25.3 Å². The number of nitrogens with one attached hydrogen (secondary N) is 1. The Kier molecular flexibility index (Phi) is 4.65. The van der Waals surface area contributed by atoms with Crippen LogP contribution in [0.2, 0.25) is 0 Å². The van der Waals surface area contributed by atoms with Crippen LogP contribution < -0.4 is 4.90 Å². The second-order valence-electron chi connectivity index (χ2n) is 5.52. The molecule has 1 aliphatic rings. The predicted octanol–water partition coefficient (Wildman–Crippen LogP) is 2.49. The third kappa shape index (κ3) is 3.48. The number of piperidine rings is 1. The van der Waals surface area contributed by atoms with Crippen LogP contribution in [-0.4, -0.2) is 38.8 Å². The van der Waals surface area contributed by atoms with Gasteiger partial charge in [-0.1, -0.05) is 0 Å². The summed E-state index contributed by atoms with van der Waals surface area (Å²) in [6.07, 6.45) is -0.853. The number of anilines is 1. The van der Waals surface area contributed by atoms with Crippen molar-refractivity contribution in [1.82, 2.24) is 25.1 Å². The Labute approximate surface area is 136 Å². The second-order valence-corrected chi connectivity index (χ2v) is 5.52. The number of aromatic nitrogens is 5. The van der Waals surface area contributed by atoms with Gasteiger partial charge in [0.25, 0.3) is 0 Å². The standard InChI is InChI=1S/C14H17F3N6O/c1-24-8-11-20-12(22-21-11)9-4-2-3-7-23(9)13-18-6-5-10(19-13)14(15,16)17/h5-6,9H,2-4,7-8H2,1H3,(H,20,21,22)/t9-/m1/s1. The number of ether oxygens (including phenoxy) is 1. The number of methoxy groups -OCH3 is 1. The molecular weight excluding hydrogens is 325 g/mol. The Bertz CT molecular complexity index is 689. The molecule has 1 N–H and O–H groups in total. The molecule has 24 heavy (non-hydrogen) atoms. The number of hydrogen-bond acceptors (Lipinski definition) is 6. The molecule has 1 saturated heterocycles. The fourth-order valence-corrected chi connectivity index (χ4v) is 2.74. The van der Waals surface area contributed by atoms with Gasteiger partial charge in [0.2, 0.25) is 5.95 Å². The van der Waals surface area contributed by atoms with Gasteiger partial charge >= 0.3 is 6.18 Å². The van der Waals surface area contributed by atoms with Gasteiger partial charge in [0.1, 0.15) is 12.3 Å². The van der Waals surface area contributed by atoms with E-state index in [1.54, 1.807) is 12.0 Å². The van der Waals surface area contributed by atoms with Crippen LogP contribution in [0.5, 0.6) is 0 Å². The maximum absolute atomic E-state index is 12.9. The van der Waals surface area contributed by atoms with Crippen molar-refractivity contribution >= 4 is 5.95 Å². The molecule has 2 aromatic heterocycles. The highest BCUT2D eigenvalue weighted by atomic mass is 19.4. The number of H-pyrrole nitrogens is 1. The van der Waals surface area contributed by atoms with Crippen molar-refractivity contribution < 1.29 is 17.9 Å². The van der Waals surface area contributed by atoms with Crippen molar-refractivity contribution in [1.29, 1.82) is 0 Å². The molecule has 1 atom stereocenters. The maximum Gasteiger partial charge on any atom is 0.433 e. The van der Waals surface area contributed by atoms with E-state index in [1.807, 2.05) is 0 Å². The van der Waals surface area contributed by atoms with Crippen LogP contribution in [0.1, 0.15) is 42.6 Å². The lowest BCUT2D eigenvalue weighted by atomic mass is 10.0. The minimum Gasteiger partial charge on any atom is -0.377 e. The van der Waals surface area contributed by atoms with Gasteiger partial charge in [0.15, 0.2) is 11.6 Å². The zero-order valence-electron chi connectivity index (χ0n) is 13.0. The molecule has 130 valence electrons. The Morgan fingerprint density at radius 1 is 1.33 bits per heavy atom. The Morgan fingerprint density at radius 2 is 2.17 bits per heavy atom. The van der Waals surface area contributed by atoms with Gasteiger partial charge < -0.3 is 9.64 Å². The van der Waals surface area contributed by atoms with Crippen molar-refractivity contribution in [3.8, 4) is 0 Å². The molecule has 0 aliphatic carbocycles. The van der Waals surface area contributed by atoms with E-state index in [-0.39, 0.29) is 12.0 Å². The highest BCUT2D eigenvalue weighted by molar-refractivity contribution is 5.35. The number of aromatic amines is 1. The first-order chi connectivity index (χ1) is 11.5. The second kappa shape index (κ2) is 6.71. The highest BCUT2D eigenvalue weighted by Crippen LogP contribution is 2.33. The third-order valence-corrected chi connectivity index (χ3v) is 3.82. The summed E-state index contributed by atoms with van der Waals surface area (Å²) >= 11 is 0. The van der Waals surface area contributed by atoms with Crippen LogP contribution in [0, 0.1) is 0 Å². The van der Waals surface area contributed by atoms with E-state index in [0.717, 1.165) is 31.5 Å². The molecule has 1 fully saturated rings. The lowest BCUT2D eigenvalue weighted by Gasteiger charge is -2.34. The summed E-state index contributed by atoms with van der Waals surface area (Å²) in [4.78, 5) is 13.8. The molecule has 1 aliphatic heterocycles. The molecule has 2 aromatic rings. The molecule has 0 spiro atoms. The molecule has 0 saturated carbocycles. The van der Waals surface area contributed by atoms with Gasteiger partial charge in [-0.3, -0.25) is 5.10 Å².